The third-order valence-electron chi connectivity index (χ3n) is 9.11. The van der Waals surface area contributed by atoms with Crippen LogP contribution in [0.25, 0.3) is 0 Å². The predicted molar refractivity (Wildman–Crippen MR) is 152 cm³/mol. The number of nitrogens with one attached hydrogen (secondary N) is 1. The van der Waals surface area contributed by atoms with Crippen molar-refractivity contribution < 1.29 is 15.3 Å². The quantitative estimate of drug-likeness (QED) is 0.185. The number of piperidine rings is 1. The number of likely N-dealkylation sites (tertiary alicyclic amines) is 1. The topological polar surface area (TPSA) is 76.0 Å². The third-order valence-corrected chi connectivity index (χ3v) is 9.50. The number of aliphatic hydroxyl groups excluding tert-OH is 3. The number of halogens is 1. The minimum absolute atomic E-state index is 0.00756. The second-order valence-corrected chi connectivity index (χ2v) is 12.8. The molecule has 5 nitrogen and oxygen atoms in total. The zero-order chi connectivity index (χ0) is 26.5. The van der Waals surface area contributed by atoms with E-state index >= 15 is 0 Å². The molecule has 0 aromatic rings. The van der Waals surface area contributed by atoms with E-state index < -0.39 is 12.5 Å². The molecule has 37 heavy (non-hydrogen) atoms. The first-order valence-corrected chi connectivity index (χ1v) is 15.1. The van der Waals surface area contributed by atoms with E-state index in [1.54, 1.807) is 5.57 Å². The van der Waals surface area contributed by atoms with Gasteiger partial charge in [0.1, 0.15) is 12.5 Å². The van der Waals surface area contributed by atoms with Crippen LogP contribution >= 0.6 is 11.6 Å². The molecule has 0 amide bonds. The molecule has 6 heteroatoms. The zero-order valence-corrected chi connectivity index (χ0v) is 23.8. The number of alkyl halides is 1. The summed E-state index contributed by atoms with van der Waals surface area (Å²) in [5.41, 5.74) is 4.02. The summed E-state index contributed by atoms with van der Waals surface area (Å²) in [7, 11) is 0. The Hall–Kier alpha value is -0.950. The van der Waals surface area contributed by atoms with Crippen molar-refractivity contribution in [2.45, 2.75) is 109 Å². The van der Waals surface area contributed by atoms with E-state index in [1.165, 1.54) is 11.1 Å². The molecular formula is C31H49ClN2O3. The van der Waals surface area contributed by atoms with Gasteiger partial charge in [0.25, 0.3) is 0 Å². The molecule has 1 saturated heterocycles. The van der Waals surface area contributed by atoms with Crippen molar-refractivity contribution in [1.29, 1.82) is 0 Å². The Kier molecular flexibility index (Phi) is 10.5. The highest BCUT2D eigenvalue weighted by molar-refractivity contribution is 6.20. The lowest BCUT2D eigenvalue weighted by Crippen LogP contribution is -2.58. The molecule has 1 aliphatic heterocycles. The van der Waals surface area contributed by atoms with Gasteiger partial charge in [-0.2, -0.15) is 0 Å². The van der Waals surface area contributed by atoms with Crippen LogP contribution in [0.15, 0.2) is 47.1 Å². The van der Waals surface area contributed by atoms with Crippen LogP contribution in [-0.4, -0.2) is 63.3 Å². The maximum absolute atomic E-state index is 11.4. The van der Waals surface area contributed by atoms with Crippen molar-refractivity contribution in [3.63, 3.8) is 0 Å². The van der Waals surface area contributed by atoms with Gasteiger partial charge in [-0.1, -0.05) is 49.8 Å². The van der Waals surface area contributed by atoms with Crippen LogP contribution in [-0.2, 0) is 0 Å². The average molecular weight is 533 g/mol. The normalized spacial score (nSPS) is 31.4. The van der Waals surface area contributed by atoms with Crippen LogP contribution in [0.3, 0.4) is 0 Å². The lowest BCUT2D eigenvalue weighted by molar-refractivity contribution is -0.0672. The number of hydrogen-bond donors (Lipinski definition) is 4. The van der Waals surface area contributed by atoms with Gasteiger partial charge in [-0.25, -0.2) is 0 Å². The highest BCUT2D eigenvalue weighted by Crippen LogP contribution is 2.35. The number of aliphatic hydroxyl groups is 3. The summed E-state index contributed by atoms with van der Waals surface area (Å²) < 4.78 is 0. The van der Waals surface area contributed by atoms with E-state index in [9.17, 15) is 15.3 Å². The van der Waals surface area contributed by atoms with E-state index in [0.29, 0.717) is 11.3 Å². The smallest absolute Gasteiger partial charge is 0.123 e. The van der Waals surface area contributed by atoms with Crippen molar-refractivity contribution in [2.24, 2.45) is 23.7 Å². The van der Waals surface area contributed by atoms with E-state index in [1.807, 2.05) is 6.92 Å². The van der Waals surface area contributed by atoms with E-state index in [0.717, 1.165) is 70.9 Å². The summed E-state index contributed by atoms with van der Waals surface area (Å²) in [5, 5.41) is 36.4. The minimum atomic E-state index is -0.702. The van der Waals surface area contributed by atoms with Crippen LogP contribution in [0.5, 0.6) is 0 Å². The molecule has 3 aliphatic carbocycles. The SMILES string of the molecule is CC(O)C1C=C(C2=CC(C(O)N[C@H](C(C)C)C(O)N3CCC(C4=CC[C@@H](Cl)CC4)CC3)CCC2)C=CC1. The van der Waals surface area contributed by atoms with Gasteiger partial charge in [-0.15, -0.1) is 11.6 Å². The molecule has 1 fully saturated rings. The lowest BCUT2D eigenvalue weighted by atomic mass is 9.82. The highest BCUT2D eigenvalue weighted by atomic mass is 35.5. The van der Waals surface area contributed by atoms with Gasteiger partial charge in [0.05, 0.1) is 12.1 Å². The van der Waals surface area contributed by atoms with Crippen LogP contribution in [0, 0.1) is 23.7 Å². The Labute approximate surface area is 229 Å². The van der Waals surface area contributed by atoms with E-state index in [2.05, 4.69) is 54.4 Å². The average Bonchev–Trinajstić information content (AvgIpc) is 2.91. The fraction of sp³-hybridized carbons (Fsp3) is 0.742. The van der Waals surface area contributed by atoms with Crippen LogP contribution < -0.4 is 5.32 Å². The molecule has 208 valence electrons. The molecule has 0 radical (unpaired) electrons. The van der Waals surface area contributed by atoms with Gasteiger partial charge in [0, 0.05) is 30.3 Å². The van der Waals surface area contributed by atoms with E-state index in [4.69, 9.17) is 11.6 Å². The maximum Gasteiger partial charge on any atom is 0.123 e. The molecule has 4 aliphatic rings. The fourth-order valence-corrected chi connectivity index (χ4v) is 6.80. The minimum Gasteiger partial charge on any atom is -0.393 e. The van der Waals surface area contributed by atoms with E-state index in [-0.39, 0.29) is 29.9 Å². The third kappa shape index (κ3) is 7.58. The number of rotatable bonds is 9. The zero-order valence-electron chi connectivity index (χ0n) is 23.0. The summed E-state index contributed by atoms with van der Waals surface area (Å²) >= 11 is 6.28. The second kappa shape index (κ2) is 13.4. The Morgan fingerprint density at radius 2 is 1.70 bits per heavy atom. The van der Waals surface area contributed by atoms with Gasteiger partial charge < -0.3 is 15.3 Å². The monoisotopic (exact) mass is 532 g/mol. The van der Waals surface area contributed by atoms with Crippen LogP contribution in [0.4, 0.5) is 0 Å². The summed E-state index contributed by atoms with van der Waals surface area (Å²) in [6.07, 6.45) is 18.6. The Balaban J connectivity index is 1.35. The molecular weight excluding hydrogens is 484 g/mol. The molecule has 4 rings (SSSR count). The first kappa shape index (κ1) is 29.0. The Bertz CT molecular complexity index is 872. The summed E-state index contributed by atoms with van der Waals surface area (Å²) in [6, 6.07) is -0.204. The van der Waals surface area contributed by atoms with Crippen LogP contribution in [0.2, 0.25) is 0 Å². The van der Waals surface area contributed by atoms with Crippen molar-refractivity contribution in [3.8, 4) is 0 Å². The highest BCUT2D eigenvalue weighted by Gasteiger charge is 2.34. The predicted octanol–water partition coefficient (Wildman–Crippen LogP) is 5.28. The molecule has 4 N–H and O–H groups in total. The van der Waals surface area contributed by atoms with Crippen molar-refractivity contribution in [2.75, 3.05) is 13.1 Å². The molecule has 5 unspecified atom stereocenters. The number of nitrogens with zero attached hydrogens (tertiary/aromatic N) is 1. The molecule has 7 atom stereocenters. The summed E-state index contributed by atoms with van der Waals surface area (Å²) in [6.45, 7) is 7.85. The van der Waals surface area contributed by atoms with Crippen LogP contribution in [0.1, 0.15) is 78.6 Å². The molecule has 0 bridgehead atoms. The molecule has 1 heterocycles. The lowest BCUT2D eigenvalue weighted by Gasteiger charge is -2.42. The molecule has 0 aromatic carbocycles. The number of allylic oxidation sites excluding steroid dienone is 6. The van der Waals surface area contributed by atoms with Gasteiger partial charge in [-0.05, 0) is 87.7 Å². The summed E-state index contributed by atoms with van der Waals surface area (Å²) in [5.74, 6) is 0.965. The summed E-state index contributed by atoms with van der Waals surface area (Å²) in [4.78, 5) is 2.20. The van der Waals surface area contributed by atoms with Gasteiger partial charge in [-0.3, -0.25) is 10.2 Å². The Morgan fingerprint density at radius 1 is 0.946 bits per heavy atom. The second-order valence-electron chi connectivity index (χ2n) is 12.2. The fourth-order valence-electron chi connectivity index (χ4n) is 6.60. The largest absolute Gasteiger partial charge is 0.393 e. The first-order valence-electron chi connectivity index (χ1n) is 14.7. The molecule has 0 spiro atoms. The van der Waals surface area contributed by atoms with Gasteiger partial charge in [0.15, 0.2) is 0 Å². The van der Waals surface area contributed by atoms with Crippen molar-refractivity contribution >= 4 is 11.6 Å². The Morgan fingerprint density at radius 3 is 2.35 bits per heavy atom. The van der Waals surface area contributed by atoms with Crippen molar-refractivity contribution in [1.82, 2.24) is 10.2 Å². The standard InChI is InChI=1S/C31H49ClN2O3/c1-20(2)29(31(37)34-16-14-23(15-17-34)22-10-12-28(32)13-11-22)33-30(36)27-9-5-8-26(19-27)25-7-4-6-24(18-25)21(3)35/h4,7,10,18-21,23-24,27-31,33,35-37H,5-6,8-9,11-17H2,1-3H3/t21?,24?,27?,28-,29-,30?,31?/m1/s1. The van der Waals surface area contributed by atoms with Gasteiger partial charge >= 0.3 is 0 Å². The first-order chi connectivity index (χ1) is 17.7. The van der Waals surface area contributed by atoms with Gasteiger partial charge in [0.2, 0.25) is 0 Å². The molecule has 0 saturated carbocycles. The molecule has 0 aromatic heterocycles. The maximum atomic E-state index is 11.4. The number of hydrogen-bond acceptors (Lipinski definition) is 5. The van der Waals surface area contributed by atoms with Crippen molar-refractivity contribution in [3.05, 3.63) is 47.1 Å².